The van der Waals surface area contributed by atoms with E-state index in [-0.39, 0.29) is 5.91 Å². The van der Waals surface area contributed by atoms with Crippen molar-refractivity contribution in [2.45, 2.75) is 25.7 Å². The molecule has 0 aliphatic carbocycles. The standard InChI is InChI=1S/C21H23ClN4O2/c1-28-19-6-5-17(12-18(19)22)25-21(27)7-4-15-3-2-10-26(14-15)20-11-16(13-23)8-9-24-20/h5-6,8-9,11-12,15H,2-4,7,10,14H2,1H3,(H,25,27). The maximum Gasteiger partial charge on any atom is 0.224 e. The predicted octanol–water partition coefficient (Wildman–Crippen LogP) is 4.25. The molecule has 1 N–H and O–H groups in total. The van der Waals surface area contributed by atoms with E-state index in [1.54, 1.807) is 37.6 Å². The first-order chi connectivity index (χ1) is 13.6. The highest BCUT2D eigenvalue weighted by molar-refractivity contribution is 6.32. The summed E-state index contributed by atoms with van der Waals surface area (Å²) in [7, 11) is 1.55. The second-order valence-electron chi connectivity index (χ2n) is 6.90. The minimum Gasteiger partial charge on any atom is -0.495 e. The Labute approximate surface area is 170 Å². The summed E-state index contributed by atoms with van der Waals surface area (Å²) in [5, 5.41) is 12.4. The lowest BCUT2D eigenvalue weighted by atomic mass is 9.93. The number of piperidine rings is 1. The first-order valence-corrected chi connectivity index (χ1v) is 9.71. The molecule has 3 rings (SSSR count). The van der Waals surface area contributed by atoms with Crippen LogP contribution in [0, 0.1) is 17.2 Å². The Balaban J connectivity index is 1.52. The summed E-state index contributed by atoms with van der Waals surface area (Å²) < 4.78 is 5.12. The number of nitriles is 1. The van der Waals surface area contributed by atoms with E-state index in [1.165, 1.54) is 0 Å². The Hall–Kier alpha value is -2.78. The molecule has 2 heterocycles. The Bertz CT molecular complexity index is 881. The number of anilines is 2. The highest BCUT2D eigenvalue weighted by atomic mass is 35.5. The fourth-order valence-corrected chi connectivity index (χ4v) is 3.73. The lowest BCUT2D eigenvalue weighted by molar-refractivity contribution is -0.116. The summed E-state index contributed by atoms with van der Waals surface area (Å²) >= 11 is 6.10. The minimum absolute atomic E-state index is 0.0250. The van der Waals surface area contributed by atoms with Crippen molar-refractivity contribution in [3.63, 3.8) is 0 Å². The van der Waals surface area contributed by atoms with Gasteiger partial charge in [-0.3, -0.25) is 4.79 Å². The van der Waals surface area contributed by atoms with Gasteiger partial charge in [0, 0.05) is 31.4 Å². The minimum atomic E-state index is -0.0250. The third-order valence-electron chi connectivity index (χ3n) is 4.93. The molecule has 1 unspecified atom stereocenters. The number of carbonyl (C=O) groups excluding carboxylic acids is 1. The third kappa shape index (κ3) is 5.14. The zero-order valence-electron chi connectivity index (χ0n) is 15.8. The van der Waals surface area contributed by atoms with Crippen LogP contribution >= 0.6 is 11.6 Å². The maximum absolute atomic E-state index is 12.3. The number of nitrogens with zero attached hydrogens (tertiary/aromatic N) is 3. The second kappa shape index (κ2) is 9.43. The third-order valence-corrected chi connectivity index (χ3v) is 5.23. The maximum atomic E-state index is 12.3. The van der Waals surface area contributed by atoms with E-state index in [2.05, 4.69) is 21.3 Å². The van der Waals surface area contributed by atoms with Crippen LogP contribution in [0.3, 0.4) is 0 Å². The predicted molar refractivity (Wildman–Crippen MR) is 110 cm³/mol. The number of carbonyl (C=O) groups is 1. The van der Waals surface area contributed by atoms with Crippen LogP contribution in [0.2, 0.25) is 5.02 Å². The molecule has 2 aromatic rings. The van der Waals surface area contributed by atoms with E-state index in [4.69, 9.17) is 21.6 Å². The van der Waals surface area contributed by atoms with Gasteiger partial charge in [-0.25, -0.2) is 4.98 Å². The van der Waals surface area contributed by atoms with E-state index in [0.717, 1.165) is 38.2 Å². The fourth-order valence-electron chi connectivity index (χ4n) is 3.47. The van der Waals surface area contributed by atoms with Crippen LogP contribution in [0.5, 0.6) is 5.75 Å². The van der Waals surface area contributed by atoms with Crippen molar-refractivity contribution >= 4 is 29.0 Å². The Morgan fingerprint density at radius 1 is 1.43 bits per heavy atom. The molecule has 1 saturated heterocycles. The largest absolute Gasteiger partial charge is 0.495 e. The number of halogens is 1. The van der Waals surface area contributed by atoms with Gasteiger partial charge in [0.2, 0.25) is 5.91 Å². The molecule has 1 atom stereocenters. The Kier molecular flexibility index (Phi) is 6.72. The molecule has 0 radical (unpaired) electrons. The normalized spacial score (nSPS) is 16.3. The highest BCUT2D eigenvalue weighted by Crippen LogP contribution is 2.28. The van der Waals surface area contributed by atoms with Crippen molar-refractivity contribution in [3.05, 3.63) is 47.1 Å². The van der Waals surface area contributed by atoms with Crippen molar-refractivity contribution in [1.82, 2.24) is 4.98 Å². The van der Waals surface area contributed by atoms with Gasteiger partial charge >= 0.3 is 0 Å². The quantitative estimate of drug-likeness (QED) is 0.786. The van der Waals surface area contributed by atoms with Gasteiger partial charge in [0.25, 0.3) is 0 Å². The average Bonchev–Trinajstić information content (AvgIpc) is 2.73. The van der Waals surface area contributed by atoms with E-state index in [0.29, 0.717) is 34.4 Å². The lowest BCUT2D eigenvalue weighted by Crippen LogP contribution is -2.36. The van der Waals surface area contributed by atoms with Crippen molar-refractivity contribution in [1.29, 1.82) is 5.26 Å². The zero-order valence-corrected chi connectivity index (χ0v) is 16.6. The van der Waals surface area contributed by atoms with E-state index in [9.17, 15) is 4.79 Å². The number of hydrogen-bond acceptors (Lipinski definition) is 5. The van der Waals surface area contributed by atoms with Gasteiger partial charge in [-0.2, -0.15) is 5.26 Å². The van der Waals surface area contributed by atoms with Crippen LogP contribution in [0.15, 0.2) is 36.5 Å². The number of ether oxygens (including phenoxy) is 1. The molecule has 146 valence electrons. The summed E-state index contributed by atoms with van der Waals surface area (Å²) in [5.74, 6) is 1.81. The van der Waals surface area contributed by atoms with Gasteiger partial charge in [-0.05, 0) is 55.5 Å². The van der Waals surface area contributed by atoms with Crippen LogP contribution in [0.1, 0.15) is 31.2 Å². The topological polar surface area (TPSA) is 78.2 Å². The number of methoxy groups -OCH3 is 1. The molecule has 28 heavy (non-hydrogen) atoms. The number of rotatable bonds is 6. The van der Waals surface area contributed by atoms with Gasteiger partial charge < -0.3 is 15.0 Å². The molecular weight excluding hydrogens is 376 g/mol. The first kappa shape index (κ1) is 20.0. The van der Waals surface area contributed by atoms with E-state index in [1.807, 2.05) is 6.07 Å². The molecular formula is C21H23ClN4O2. The van der Waals surface area contributed by atoms with Crippen LogP contribution in [-0.2, 0) is 4.79 Å². The molecule has 0 saturated carbocycles. The van der Waals surface area contributed by atoms with Crippen molar-refractivity contribution in [2.24, 2.45) is 5.92 Å². The zero-order chi connectivity index (χ0) is 19.9. The summed E-state index contributed by atoms with van der Waals surface area (Å²) in [4.78, 5) is 18.9. The van der Waals surface area contributed by atoms with Gasteiger partial charge in [-0.15, -0.1) is 0 Å². The Morgan fingerprint density at radius 2 is 2.29 bits per heavy atom. The van der Waals surface area contributed by atoms with Crippen LogP contribution in [0.4, 0.5) is 11.5 Å². The van der Waals surface area contributed by atoms with Crippen molar-refractivity contribution < 1.29 is 9.53 Å². The van der Waals surface area contributed by atoms with Crippen LogP contribution < -0.4 is 15.0 Å². The number of benzene rings is 1. The smallest absolute Gasteiger partial charge is 0.224 e. The summed E-state index contributed by atoms with van der Waals surface area (Å²) in [6.07, 6.45) is 5.08. The summed E-state index contributed by atoms with van der Waals surface area (Å²) in [5.41, 5.74) is 1.28. The molecule has 0 spiro atoms. The number of nitrogens with one attached hydrogen (secondary N) is 1. The number of aromatic nitrogens is 1. The van der Waals surface area contributed by atoms with Crippen molar-refractivity contribution in [2.75, 3.05) is 30.4 Å². The fraction of sp³-hybridized carbons (Fsp3) is 0.381. The molecule has 1 fully saturated rings. The first-order valence-electron chi connectivity index (χ1n) is 9.33. The van der Waals surface area contributed by atoms with Crippen LogP contribution in [0.25, 0.3) is 0 Å². The van der Waals surface area contributed by atoms with E-state index < -0.39 is 0 Å². The molecule has 1 aliphatic rings. The monoisotopic (exact) mass is 398 g/mol. The summed E-state index contributed by atoms with van der Waals surface area (Å²) in [6.45, 7) is 1.78. The molecule has 6 nitrogen and oxygen atoms in total. The van der Waals surface area contributed by atoms with Gasteiger partial charge in [0.1, 0.15) is 11.6 Å². The molecule has 1 aromatic heterocycles. The molecule has 1 aliphatic heterocycles. The van der Waals surface area contributed by atoms with Gasteiger partial charge in [0.15, 0.2) is 0 Å². The van der Waals surface area contributed by atoms with Gasteiger partial charge in [-0.1, -0.05) is 11.6 Å². The van der Waals surface area contributed by atoms with E-state index >= 15 is 0 Å². The second-order valence-corrected chi connectivity index (χ2v) is 7.31. The number of amides is 1. The van der Waals surface area contributed by atoms with Crippen molar-refractivity contribution in [3.8, 4) is 11.8 Å². The molecule has 1 aromatic carbocycles. The summed E-state index contributed by atoms with van der Waals surface area (Å²) in [6, 6.07) is 10.9. The van der Waals surface area contributed by atoms with Crippen LogP contribution in [-0.4, -0.2) is 31.1 Å². The number of pyridine rings is 1. The molecule has 0 bridgehead atoms. The van der Waals surface area contributed by atoms with Gasteiger partial charge in [0.05, 0.1) is 23.8 Å². The molecule has 1 amide bonds. The average molecular weight is 399 g/mol. The SMILES string of the molecule is COc1ccc(NC(=O)CCC2CCCN(c3cc(C#N)ccn3)C2)cc1Cl. The highest BCUT2D eigenvalue weighted by Gasteiger charge is 2.22. The lowest BCUT2D eigenvalue weighted by Gasteiger charge is -2.33. The number of hydrogen-bond donors (Lipinski definition) is 1. The Morgan fingerprint density at radius 3 is 3.04 bits per heavy atom. The molecule has 7 heteroatoms.